The fourth-order valence-corrected chi connectivity index (χ4v) is 2.97. The third kappa shape index (κ3) is 3.90. The van der Waals surface area contributed by atoms with Gasteiger partial charge in [-0.05, 0) is 44.0 Å². The monoisotopic (exact) mass is 382 g/mol. The van der Waals surface area contributed by atoms with E-state index in [1.165, 1.54) is 4.90 Å². The summed E-state index contributed by atoms with van der Waals surface area (Å²) in [7, 11) is 0. The molecule has 7 heteroatoms. The third-order valence-corrected chi connectivity index (χ3v) is 4.66. The number of carboxylic acid groups (broad SMARTS) is 1. The lowest BCUT2D eigenvalue weighted by molar-refractivity contribution is -0.155. The summed E-state index contributed by atoms with van der Waals surface area (Å²) in [5.74, 6) is -1.49. The molecule has 1 aromatic carbocycles. The van der Waals surface area contributed by atoms with Crippen LogP contribution in [0.15, 0.2) is 28.7 Å². The number of nitrogens with zero attached hydrogens (tertiary/aromatic N) is 1. The molecule has 0 radical (unpaired) electrons. The van der Waals surface area contributed by atoms with Crippen LogP contribution in [0.1, 0.15) is 36.5 Å². The molecule has 1 aliphatic rings. The minimum Gasteiger partial charge on any atom is -0.480 e. The number of nitrogens with one attached hydrogen (secondary N) is 1. The molecule has 2 amide bonds. The Morgan fingerprint density at radius 3 is 2.57 bits per heavy atom. The van der Waals surface area contributed by atoms with E-state index in [4.69, 9.17) is 0 Å². The topological polar surface area (TPSA) is 86.7 Å². The maximum atomic E-state index is 12.2. The molecule has 1 aliphatic heterocycles. The highest BCUT2D eigenvalue weighted by molar-refractivity contribution is 9.10. The van der Waals surface area contributed by atoms with Crippen LogP contribution in [0.5, 0.6) is 0 Å². The molecule has 2 N–H and O–H groups in total. The van der Waals surface area contributed by atoms with Crippen LogP contribution >= 0.6 is 15.9 Å². The number of hydrogen-bond donors (Lipinski definition) is 2. The molecule has 124 valence electrons. The van der Waals surface area contributed by atoms with Crippen LogP contribution in [0.2, 0.25) is 0 Å². The minimum absolute atomic E-state index is 0.0884. The molecule has 0 spiro atoms. The average Bonchev–Trinajstić information content (AvgIpc) is 2.91. The number of carboxylic acids is 1. The van der Waals surface area contributed by atoms with Gasteiger partial charge >= 0.3 is 5.97 Å². The van der Waals surface area contributed by atoms with E-state index in [1.54, 1.807) is 31.2 Å². The molecule has 23 heavy (non-hydrogen) atoms. The highest BCUT2D eigenvalue weighted by atomic mass is 79.9. The van der Waals surface area contributed by atoms with Crippen molar-refractivity contribution in [2.75, 3.05) is 13.1 Å². The largest absolute Gasteiger partial charge is 0.480 e. The zero-order chi connectivity index (χ0) is 17.0. The van der Waals surface area contributed by atoms with Gasteiger partial charge in [0.1, 0.15) is 5.54 Å². The zero-order valence-electron chi connectivity index (χ0n) is 12.8. The van der Waals surface area contributed by atoms with Gasteiger partial charge in [-0.15, -0.1) is 0 Å². The van der Waals surface area contributed by atoms with Crippen molar-refractivity contribution in [3.8, 4) is 0 Å². The van der Waals surface area contributed by atoms with E-state index in [0.717, 1.165) is 4.47 Å². The van der Waals surface area contributed by atoms with Gasteiger partial charge in [0.2, 0.25) is 5.91 Å². The van der Waals surface area contributed by atoms with Gasteiger partial charge in [-0.25, -0.2) is 4.79 Å². The predicted molar refractivity (Wildman–Crippen MR) is 88.1 cm³/mol. The lowest BCUT2D eigenvalue weighted by atomic mass is 9.99. The van der Waals surface area contributed by atoms with E-state index in [9.17, 15) is 19.5 Å². The summed E-state index contributed by atoms with van der Waals surface area (Å²) in [6, 6.07) is 6.90. The van der Waals surface area contributed by atoms with Gasteiger partial charge in [0.15, 0.2) is 0 Å². The van der Waals surface area contributed by atoms with Crippen LogP contribution in [0.4, 0.5) is 0 Å². The van der Waals surface area contributed by atoms with Crippen LogP contribution < -0.4 is 5.32 Å². The number of hydrogen-bond acceptors (Lipinski definition) is 3. The zero-order valence-corrected chi connectivity index (χ0v) is 14.4. The van der Waals surface area contributed by atoms with Crippen molar-refractivity contribution in [1.82, 2.24) is 10.2 Å². The molecule has 1 saturated heterocycles. The van der Waals surface area contributed by atoms with E-state index < -0.39 is 11.5 Å². The van der Waals surface area contributed by atoms with Crippen molar-refractivity contribution in [3.05, 3.63) is 34.3 Å². The van der Waals surface area contributed by atoms with E-state index >= 15 is 0 Å². The molecular formula is C16H19BrN2O4. The lowest BCUT2D eigenvalue weighted by Crippen LogP contribution is -2.51. The van der Waals surface area contributed by atoms with Gasteiger partial charge in [-0.2, -0.15) is 0 Å². The first kappa shape index (κ1) is 17.5. The van der Waals surface area contributed by atoms with Crippen LogP contribution in [-0.4, -0.2) is 46.4 Å². The first-order chi connectivity index (χ1) is 10.8. The van der Waals surface area contributed by atoms with Gasteiger partial charge in [0.05, 0.1) is 0 Å². The number of benzene rings is 1. The van der Waals surface area contributed by atoms with Crippen LogP contribution in [-0.2, 0) is 9.59 Å². The Bertz CT molecular complexity index is 617. The van der Waals surface area contributed by atoms with Crippen molar-refractivity contribution >= 4 is 33.7 Å². The van der Waals surface area contributed by atoms with E-state index in [1.807, 2.05) is 0 Å². The lowest BCUT2D eigenvalue weighted by Gasteiger charge is -2.31. The van der Waals surface area contributed by atoms with Gasteiger partial charge in [-0.1, -0.05) is 15.9 Å². The second kappa shape index (κ2) is 7.12. The third-order valence-electron chi connectivity index (χ3n) is 4.13. The highest BCUT2D eigenvalue weighted by Gasteiger charge is 2.45. The standard InChI is InChI=1S/C16H19BrN2O4/c1-16(15(22)23)8-2-10-19(16)13(20)7-9-18-14(21)11-3-5-12(17)6-4-11/h3-6H,2,7-10H2,1H3,(H,18,21)(H,22,23). The molecule has 2 rings (SSSR count). The smallest absolute Gasteiger partial charge is 0.329 e. The van der Waals surface area contributed by atoms with E-state index in [2.05, 4.69) is 21.2 Å². The van der Waals surface area contributed by atoms with Crippen LogP contribution in [0.25, 0.3) is 0 Å². The van der Waals surface area contributed by atoms with Gasteiger partial charge in [0.25, 0.3) is 5.91 Å². The molecule has 1 aromatic rings. The second-order valence-corrected chi connectivity index (χ2v) is 6.66. The molecule has 0 saturated carbocycles. The second-order valence-electron chi connectivity index (χ2n) is 5.74. The first-order valence-electron chi connectivity index (χ1n) is 7.42. The van der Waals surface area contributed by atoms with Crippen LogP contribution in [0.3, 0.4) is 0 Å². The normalized spacial score (nSPS) is 20.3. The number of halogens is 1. The SMILES string of the molecule is CC1(C(=O)O)CCCN1C(=O)CCNC(=O)c1ccc(Br)cc1. The van der Waals surface area contributed by atoms with E-state index in [-0.39, 0.29) is 24.8 Å². The summed E-state index contributed by atoms with van der Waals surface area (Å²) in [5, 5.41) is 12.0. The quantitative estimate of drug-likeness (QED) is 0.815. The van der Waals surface area contributed by atoms with Gasteiger partial charge in [-0.3, -0.25) is 9.59 Å². The number of amides is 2. The number of rotatable bonds is 5. The highest BCUT2D eigenvalue weighted by Crippen LogP contribution is 2.29. The molecule has 1 heterocycles. The van der Waals surface area contributed by atoms with Crippen LogP contribution in [0, 0.1) is 0 Å². The summed E-state index contributed by atoms with van der Waals surface area (Å²) < 4.78 is 0.881. The van der Waals surface area contributed by atoms with Gasteiger partial charge < -0.3 is 15.3 Å². The Morgan fingerprint density at radius 1 is 1.30 bits per heavy atom. The summed E-state index contributed by atoms with van der Waals surface area (Å²) in [6.07, 6.45) is 1.23. The Kier molecular flexibility index (Phi) is 5.41. The number of carbonyl (C=O) groups is 3. The Balaban J connectivity index is 1.86. The fraction of sp³-hybridized carbons (Fsp3) is 0.438. The summed E-state index contributed by atoms with van der Waals surface area (Å²) >= 11 is 3.30. The molecule has 1 atom stereocenters. The van der Waals surface area contributed by atoms with E-state index in [0.29, 0.717) is 24.9 Å². The minimum atomic E-state index is -1.13. The van der Waals surface area contributed by atoms with Crippen molar-refractivity contribution < 1.29 is 19.5 Å². The molecule has 1 unspecified atom stereocenters. The molecule has 1 fully saturated rings. The molecule has 6 nitrogen and oxygen atoms in total. The molecule has 0 bridgehead atoms. The molecule has 0 aliphatic carbocycles. The Hall–Kier alpha value is -1.89. The average molecular weight is 383 g/mol. The fourth-order valence-electron chi connectivity index (χ4n) is 2.71. The van der Waals surface area contributed by atoms with Crippen molar-refractivity contribution in [1.29, 1.82) is 0 Å². The molecular weight excluding hydrogens is 364 g/mol. The first-order valence-corrected chi connectivity index (χ1v) is 8.21. The maximum Gasteiger partial charge on any atom is 0.329 e. The number of likely N-dealkylation sites (tertiary alicyclic amines) is 1. The van der Waals surface area contributed by atoms with Crippen molar-refractivity contribution in [3.63, 3.8) is 0 Å². The number of carbonyl (C=O) groups excluding carboxylic acids is 2. The number of aliphatic carboxylic acids is 1. The summed E-state index contributed by atoms with van der Waals surface area (Å²) in [5.41, 5.74) is -0.621. The summed E-state index contributed by atoms with van der Waals surface area (Å²) in [6.45, 7) is 2.20. The predicted octanol–water partition coefficient (Wildman–Crippen LogP) is 2.03. The maximum absolute atomic E-state index is 12.2. The molecule has 0 aromatic heterocycles. The van der Waals surface area contributed by atoms with Crippen molar-refractivity contribution in [2.24, 2.45) is 0 Å². The van der Waals surface area contributed by atoms with Crippen molar-refractivity contribution in [2.45, 2.75) is 31.7 Å². The van der Waals surface area contributed by atoms with Gasteiger partial charge in [0, 0.05) is 29.5 Å². The Morgan fingerprint density at radius 2 is 1.96 bits per heavy atom. The summed E-state index contributed by atoms with van der Waals surface area (Å²) in [4.78, 5) is 37.0. The Labute approximate surface area is 143 Å².